The fourth-order valence-corrected chi connectivity index (χ4v) is 3.85. The predicted octanol–water partition coefficient (Wildman–Crippen LogP) is 4.31. The van der Waals surface area contributed by atoms with Crippen molar-refractivity contribution in [2.75, 3.05) is 63.0 Å². The van der Waals surface area contributed by atoms with Crippen molar-refractivity contribution in [1.29, 1.82) is 0 Å². The molecule has 1 aromatic heterocycles. The first kappa shape index (κ1) is 25.8. The molecular formula is C21H28Cl2F3N7. The highest BCUT2D eigenvalue weighted by Gasteiger charge is 2.35. The first-order valence-corrected chi connectivity index (χ1v) is 11.6. The molecule has 0 amide bonds. The van der Waals surface area contributed by atoms with Gasteiger partial charge in [0.25, 0.3) is 0 Å². The van der Waals surface area contributed by atoms with Gasteiger partial charge in [-0.1, -0.05) is 23.2 Å². The molecule has 182 valence electrons. The van der Waals surface area contributed by atoms with E-state index in [4.69, 9.17) is 28.9 Å². The van der Waals surface area contributed by atoms with Crippen LogP contribution in [0, 0.1) is 0 Å². The second kappa shape index (κ2) is 12.0. The highest BCUT2D eigenvalue weighted by Crippen LogP contribution is 2.34. The maximum Gasteiger partial charge on any atom is 0.421 e. The van der Waals surface area contributed by atoms with Crippen molar-refractivity contribution in [3.8, 4) is 0 Å². The highest BCUT2D eigenvalue weighted by atomic mass is 35.5. The van der Waals surface area contributed by atoms with E-state index in [-0.39, 0.29) is 11.8 Å². The summed E-state index contributed by atoms with van der Waals surface area (Å²) in [6.45, 7) is 6.74. The lowest BCUT2D eigenvalue weighted by atomic mass is 10.2. The van der Waals surface area contributed by atoms with E-state index in [9.17, 15) is 13.2 Å². The summed E-state index contributed by atoms with van der Waals surface area (Å²) < 4.78 is 40.3. The zero-order valence-corrected chi connectivity index (χ0v) is 19.6. The first-order valence-electron chi connectivity index (χ1n) is 10.8. The minimum Gasteiger partial charge on any atom is -0.369 e. The van der Waals surface area contributed by atoms with Gasteiger partial charge >= 0.3 is 6.18 Å². The molecule has 0 radical (unpaired) electrons. The van der Waals surface area contributed by atoms with Crippen LogP contribution in [-0.4, -0.2) is 72.1 Å². The summed E-state index contributed by atoms with van der Waals surface area (Å²) in [7, 11) is 0. The Morgan fingerprint density at radius 3 is 2.27 bits per heavy atom. The van der Waals surface area contributed by atoms with Gasteiger partial charge in [-0.3, -0.25) is 0 Å². The van der Waals surface area contributed by atoms with Gasteiger partial charge < -0.3 is 26.2 Å². The van der Waals surface area contributed by atoms with Crippen LogP contribution in [0.15, 0.2) is 24.4 Å². The molecular weight excluding hydrogens is 478 g/mol. The average molecular weight is 506 g/mol. The van der Waals surface area contributed by atoms with E-state index in [1.54, 1.807) is 18.2 Å². The molecule has 2 aromatic rings. The van der Waals surface area contributed by atoms with Gasteiger partial charge in [-0.2, -0.15) is 18.2 Å². The van der Waals surface area contributed by atoms with Gasteiger partial charge in [0.15, 0.2) is 0 Å². The highest BCUT2D eigenvalue weighted by molar-refractivity contribution is 6.42. The summed E-state index contributed by atoms with van der Waals surface area (Å²) in [5.41, 5.74) is 5.17. The number of hydrogen-bond acceptors (Lipinski definition) is 7. The predicted molar refractivity (Wildman–Crippen MR) is 126 cm³/mol. The Kier molecular flexibility index (Phi) is 9.39. The lowest BCUT2D eigenvalue weighted by molar-refractivity contribution is -0.137. The number of piperazine rings is 1. The van der Waals surface area contributed by atoms with E-state index in [0.717, 1.165) is 51.9 Å². The molecule has 0 saturated carbocycles. The number of alkyl halides is 3. The van der Waals surface area contributed by atoms with Gasteiger partial charge in [-0.05, 0) is 50.7 Å². The monoisotopic (exact) mass is 505 g/mol. The van der Waals surface area contributed by atoms with Crippen molar-refractivity contribution in [2.24, 2.45) is 5.73 Å². The van der Waals surface area contributed by atoms with Gasteiger partial charge in [0.1, 0.15) is 11.4 Å². The third kappa shape index (κ3) is 7.86. The normalized spacial score (nSPS) is 15.6. The third-order valence-corrected chi connectivity index (χ3v) is 6.10. The molecule has 0 aliphatic carbocycles. The maximum absolute atomic E-state index is 13.4. The van der Waals surface area contributed by atoms with E-state index in [0.29, 0.717) is 35.2 Å². The molecule has 3 rings (SSSR count). The van der Waals surface area contributed by atoms with Crippen molar-refractivity contribution in [1.82, 2.24) is 19.8 Å². The number of anilines is 3. The van der Waals surface area contributed by atoms with Gasteiger partial charge in [-0.15, -0.1) is 0 Å². The number of aromatic nitrogens is 2. The largest absolute Gasteiger partial charge is 0.421 e. The lowest BCUT2D eigenvalue weighted by Crippen LogP contribution is -2.47. The number of nitrogens with two attached hydrogens (primary N) is 1. The molecule has 33 heavy (non-hydrogen) atoms. The van der Waals surface area contributed by atoms with E-state index in [1.807, 2.05) is 0 Å². The molecule has 1 aromatic carbocycles. The van der Waals surface area contributed by atoms with Crippen molar-refractivity contribution < 1.29 is 13.2 Å². The molecule has 1 saturated heterocycles. The van der Waals surface area contributed by atoms with Crippen molar-refractivity contribution >= 4 is 40.7 Å². The molecule has 0 bridgehead atoms. The van der Waals surface area contributed by atoms with Gasteiger partial charge in [0, 0.05) is 44.6 Å². The maximum atomic E-state index is 13.4. The second-order valence-electron chi connectivity index (χ2n) is 7.81. The fourth-order valence-electron chi connectivity index (χ4n) is 3.55. The fraction of sp³-hybridized carbons (Fsp3) is 0.524. The molecule has 1 aliphatic rings. The molecule has 2 heterocycles. The zero-order valence-electron chi connectivity index (χ0n) is 18.1. The quantitative estimate of drug-likeness (QED) is 0.415. The Morgan fingerprint density at radius 2 is 1.67 bits per heavy atom. The summed E-state index contributed by atoms with van der Waals surface area (Å²) in [4.78, 5) is 12.6. The van der Waals surface area contributed by atoms with Gasteiger partial charge in [0.2, 0.25) is 5.95 Å². The Labute approximate surface area is 201 Å². The van der Waals surface area contributed by atoms with Crippen LogP contribution in [0.3, 0.4) is 0 Å². The topological polar surface area (TPSA) is 82.3 Å². The Hall–Kier alpha value is -1.85. The minimum atomic E-state index is -4.57. The van der Waals surface area contributed by atoms with Gasteiger partial charge in [0.05, 0.1) is 10.0 Å². The standard InChI is InChI=1S/C21H28Cl2F3N7/c22-17-4-3-15(13-18(17)23)30-20-29-14-16(21(24,25)26)19(31-20)28-6-2-8-33-11-9-32(10-12-33)7-1-5-27/h3-4,13-14H,1-2,5-12,27H2,(H2,28,29,30,31). The molecule has 0 unspecified atom stereocenters. The molecule has 12 heteroatoms. The SMILES string of the molecule is NCCCN1CCN(CCCNc2nc(Nc3ccc(Cl)c(Cl)c3)ncc2C(F)(F)F)CC1. The number of hydrogen-bond donors (Lipinski definition) is 3. The number of rotatable bonds is 10. The number of benzene rings is 1. The van der Waals surface area contributed by atoms with Crippen LogP contribution >= 0.6 is 23.2 Å². The molecule has 0 atom stereocenters. The summed E-state index contributed by atoms with van der Waals surface area (Å²) in [5, 5.41) is 6.37. The van der Waals surface area contributed by atoms with Crippen molar-refractivity contribution in [3.63, 3.8) is 0 Å². The van der Waals surface area contributed by atoms with Crippen LogP contribution < -0.4 is 16.4 Å². The van der Waals surface area contributed by atoms with E-state index >= 15 is 0 Å². The molecule has 7 nitrogen and oxygen atoms in total. The number of nitrogens with one attached hydrogen (secondary N) is 2. The smallest absolute Gasteiger partial charge is 0.369 e. The number of halogens is 5. The van der Waals surface area contributed by atoms with E-state index < -0.39 is 11.7 Å². The Bertz CT molecular complexity index is 906. The van der Waals surface area contributed by atoms with Crippen LogP contribution in [0.2, 0.25) is 10.0 Å². The van der Waals surface area contributed by atoms with Crippen LogP contribution in [0.25, 0.3) is 0 Å². The van der Waals surface area contributed by atoms with Gasteiger partial charge in [-0.25, -0.2) is 4.98 Å². The Balaban J connectivity index is 1.55. The van der Waals surface area contributed by atoms with Crippen LogP contribution in [0.5, 0.6) is 0 Å². The Morgan fingerprint density at radius 1 is 1.00 bits per heavy atom. The summed E-state index contributed by atoms with van der Waals surface area (Å²) >= 11 is 11.9. The minimum absolute atomic E-state index is 0.0255. The van der Waals surface area contributed by atoms with E-state index in [1.165, 1.54) is 0 Å². The summed E-state index contributed by atoms with van der Waals surface area (Å²) in [5.74, 6) is -0.232. The second-order valence-corrected chi connectivity index (χ2v) is 8.63. The lowest BCUT2D eigenvalue weighted by Gasteiger charge is -2.34. The third-order valence-electron chi connectivity index (χ3n) is 5.36. The molecule has 0 spiro atoms. The zero-order chi connectivity index (χ0) is 23.8. The van der Waals surface area contributed by atoms with Crippen molar-refractivity contribution in [3.05, 3.63) is 40.0 Å². The molecule has 1 aliphatic heterocycles. The molecule has 1 fully saturated rings. The summed E-state index contributed by atoms with van der Waals surface area (Å²) in [6, 6.07) is 4.76. The first-order chi connectivity index (χ1) is 15.8. The van der Waals surface area contributed by atoms with Crippen LogP contribution in [-0.2, 0) is 6.18 Å². The van der Waals surface area contributed by atoms with Crippen molar-refractivity contribution in [2.45, 2.75) is 19.0 Å². The summed E-state index contributed by atoms with van der Waals surface area (Å²) in [6.07, 6.45) is -2.11. The van der Waals surface area contributed by atoms with E-state index in [2.05, 4.69) is 30.4 Å². The molecule has 4 N–H and O–H groups in total. The number of nitrogens with zero attached hydrogens (tertiary/aromatic N) is 4. The average Bonchev–Trinajstić information content (AvgIpc) is 2.78. The van der Waals surface area contributed by atoms with Crippen LogP contribution in [0.1, 0.15) is 18.4 Å². The van der Waals surface area contributed by atoms with Crippen LogP contribution in [0.4, 0.5) is 30.6 Å².